The highest BCUT2D eigenvalue weighted by Gasteiger charge is 2.18. The first kappa shape index (κ1) is 12.9. The first-order chi connectivity index (χ1) is 8.31. The Morgan fingerprint density at radius 3 is 3.00 bits per heavy atom. The Kier molecular flexibility index (Phi) is 4.86. The minimum Gasteiger partial charge on any atom is -0.369 e. The van der Waals surface area contributed by atoms with E-state index in [-0.39, 0.29) is 0 Å². The van der Waals surface area contributed by atoms with Crippen LogP contribution >= 0.6 is 15.9 Å². The third kappa shape index (κ3) is 3.46. The molecule has 1 aliphatic heterocycles. The number of hydrogen-bond donors (Lipinski definition) is 1. The standard InChI is InChI=1S/C14H21BrN2/c1-2-6-12-11-17(10-5-9-16-12)14-8-4-3-7-13(14)15/h3-4,7-8,12,16H,2,5-6,9-11H2,1H3. The molecule has 2 nitrogen and oxygen atoms in total. The molecule has 1 saturated heterocycles. The summed E-state index contributed by atoms with van der Waals surface area (Å²) in [6, 6.07) is 9.16. The van der Waals surface area contributed by atoms with E-state index in [9.17, 15) is 0 Å². The van der Waals surface area contributed by atoms with Gasteiger partial charge in [-0.25, -0.2) is 0 Å². The Morgan fingerprint density at radius 1 is 1.41 bits per heavy atom. The van der Waals surface area contributed by atoms with Crippen molar-refractivity contribution < 1.29 is 0 Å². The molecule has 3 heteroatoms. The molecule has 1 heterocycles. The van der Waals surface area contributed by atoms with Crippen molar-refractivity contribution in [2.75, 3.05) is 24.5 Å². The Morgan fingerprint density at radius 2 is 2.24 bits per heavy atom. The lowest BCUT2D eigenvalue weighted by Crippen LogP contribution is -2.37. The molecule has 0 spiro atoms. The van der Waals surface area contributed by atoms with Gasteiger partial charge in [0.05, 0.1) is 5.69 Å². The minimum atomic E-state index is 0.634. The van der Waals surface area contributed by atoms with E-state index in [0.717, 1.165) is 19.6 Å². The number of halogens is 1. The fraction of sp³-hybridized carbons (Fsp3) is 0.571. The van der Waals surface area contributed by atoms with Gasteiger partial charge < -0.3 is 10.2 Å². The SMILES string of the molecule is CCCC1CN(c2ccccc2Br)CCCN1. The van der Waals surface area contributed by atoms with Crippen molar-refractivity contribution >= 4 is 21.6 Å². The smallest absolute Gasteiger partial charge is 0.0511 e. The average molecular weight is 297 g/mol. The molecule has 0 radical (unpaired) electrons. The third-order valence-electron chi connectivity index (χ3n) is 3.31. The molecule has 0 aliphatic carbocycles. The molecule has 0 aromatic heterocycles. The Labute approximate surface area is 113 Å². The van der Waals surface area contributed by atoms with Crippen molar-refractivity contribution in [3.63, 3.8) is 0 Å². The summed E-state index contributed by atoms with van der Waals surface area (Å²) in [6.07, 6.45) is 3.74. The van der Waals surface area contributed by atoms with E-state index in [0.29, 0.717) is 6.04 Å². The van der Waals surface area contributed by atoms with Crippen LogP contribution in [0.1, 0.15) is 26.2 Å². The van der Waals surface area contributed by atoms with E-state index in [4.69, 9.17) is 0 Å². The second-order valence-corrected chi connectivity index (χ2v) is 5.55. The molecule has 0 saturated carbocycles. The topological polar surface area (TPSA) is 15.3 Å². The highest BCUT2D eigenvalue weighted by Crippen LogP contribution is 2.26. The summed E-state index contributed by atoms with van der Waals surface area (Å²) in [5.41, 5.74) is 1.33. The van der Waals surface area contributed by atoms with Crippen molar-refractivity contribution in [1.82, 2.24) is 5.32 Å². The predicted molar refractivity (Wildman–Crippen MR) is 77.7 cm³/mol. The van der Waals surface area contributed by atoms with Gasteiger partial charge in [-0.3, -0.25) is 0 Å². The van der Waals surface area contributed by atoms with Gasteiger partial charge >= 0.3 is 0 Å². The lowest BCUT2D eigenvalue weighted by molar-refractivity contribution is 0.502. The van der Waals surface area contributed by atoms with Crippen LogP contribution in [-0.4, -0.2) is 25.7 Å². The molecule has 0 amide bonds. The predicted octanol–water partition coefficient (Wildman–Crippen LogP) is 3.42. The van der Waals surface area contributed by atoms with E-state index in [1.165, 1.54) is 29.4 Å². The summed E-state index contributed by atoms with van der Waals surface area (Å²) in [7, 11) is 0. The molecule has 1 aromatic carbocycles. The van der Waals surface area contributed by atoms with Crippen LogP contribution in [0.2, 0.25) is 0 Å². The number of rotatable bonds is 3. The number of benzene rings is 1. The maximum Gasteiger partial charge on any atom is 0.0511 e. The Bertz CT molecular complexity index is 354. The number of hydrogen-bond acceptors (Lipinski definition) is 2. The normalized spacial score (nSPS) is 21.3. The number of nitrogens with one attached hydrogen (secondary N) is 1. The summed E-state index contributed by atoms with van der Waals surface area (Å²) in [6.45, 7) is 5.67. The zero-order valence-electron chi connectivity index (χ0n) is 10.5. The van der Waals surface area contributed by atoms with Gasteiger partial charge in [0.25, 0.3) is 0 Å². The van der Waals surface area contributed by atoms with Gasteiger partial charge in [-0.1, -0.05) is 25.5 Å². The molecule has 2 rings (SSSR count). The quantitative estimate of drug-likeness (QED) is 0.919. The molecule has 0 bridgehead atoms. The van der Waals surface area contributed by atoms with Crippen molar-refractivity contribution in [1.29, 1.82) is 0 Å². The highest BCUT2D eigenvalue weighted by molar-refractivity contribution is 9.10. The van der Waals surface area contributed by atoms with E-state index in [1.54, 1.807) is 0 Å². The lowest BCUT2D eigenvalue weighted by Gasteiger charge is -2.27. The molecular weight excluding hydrogens is 276 g/mol. The lowest BCUT2D eigenvalue weighted by atomic mass is 10.1. The monoisotopic (exact) mass is 296 g/mol. The fourth-order valence-corrected chi connectivity index (χ4v) is 3.00. The van der Waals surface area contributed by atoms with E-state index in [2.05, 4.69) is 57.3 Å². The summed E-state index contributed by atoms with van der Waals surface area (Å²) < 4.78 is 1.21. The van der Waals surface area contributed by atoms with E-state index >= 15 is 0 Å². The zero-order chi connectivity index (χ0) is 12.1. The molecular formula is C14H21BrN2. The first-order valence-electron chi connectivity index (χ1n) is 6.54. The van der Waals surface area contributed by atoms with Crippen LogP contribution in [-0.2, 0) is 0 Å². The summed E-state index contributed by atoms with van der Waals surface area (Å²) in [4.78, 5) is 2.50. The molecule has 17 heavy (non-hydrogen) atoms. The number of para-hydroxylation sites is 1. The molecule has 1 fully saturated rings. The second-order valence-electron chi connectivity index (χ2n) is 4.69. The van der Waals surface area contributed by atoms with Crippen LogP contribution in [0.4, 0.5) is 5.69 Å². The van der Waals surface area contributed by atoms with Gasteiger partial charge in [0.1, 0.15) is 0 Å². The fourth-order valence-electron chi connectivity index (χ4n) is 2.47. The van der Waals surface area contributed by atoms with Gasteiger partial charge in [0, 0.05) is 23.6 Å². The Balaban J connectivity index is 2.11. The van der Waals surface area contributed by atoms with Gasteiger partial charge in [-0.2, -0.15) is 0 Å². The van der Waals surface area contributed by atoms with Crippen LogP contribution in [0, 0.1) is 0 Å². The summed E-state index contributed by atoms with van der Waals surface area (Å²) >= 11 is 3.65. The molecule has 1 N–H and O–H groups in total. The molecule has 1 atom stereocenters. The van der Waals surface area contributed by atoms with Crippen molar-refractivity contribution in [2.24, 2.45) is 0 Å². The van der Waals surface area contributed by atoms with Crippen LogP contribution in [0.15, 0.2) is 28.7 Å². The second kappa shape index (κ2) is 6.41. The van der Waals surface area contributed by atoms with Crippen LogP contribution in [0.25, 0.3) is 0 Å². The van der Waals surface area contributed by atoms with Gasteiger partial charge in [-0.05, 0) is 47.4 Å². The van der Waals surface area contributed by atoms with E-state index in [1.807, 2.05) is 0 Å². The summed E-state index contributed by atoms with van der Waals surface area (Å²) in [5, 5.41) is 3.64. The molecule has 1 aliphatic rings. The largest absolute Gasteiger partial charge is 0.369 e. The van der Waals surface area contributed by atoms with Gasteiger partial charge in [0.15, 0.2) is 0 Å². The van der Waals surface area contributed by atoms with Crippen molar-refractivity contribution in [2.45, 2.75) is 32.2 Å². The maximum absolute atomic E-state index is 3.65. The minimum absolute atomic E-state index is 0.634. The number of nitrogens with zero attached hydrogens (tertiary/aromatic N) is 1. The zero-order valence-corrected chi connectivity index (χ0v) is 12.0. The molecule has 1 aromatic rings. The van der Waals surface area contributed by atoms with Crippen molar-refractivity contribution in [3.8, 4) is 0 Å². The average Bonchev–Trinajstić information content (AvgIpc) is 2.56. The van der Waals surface area contributed by atoms with Crippen LogP contribution in [0.5, 0.6) is 0 Å². The summed E-state index contributed by atoms with van der Waals surface area (Å²) in [5.74, 6) is 0. The van der Waals surface area contributed by atoms with E-state index < -0.39 is 0 Å². The molecule has 1 unspecified atom stereocenters. The van der Waals surface area contributed by atoms with Crippen molar-refractivity contribution in [3.05, 3.63) is 28.7 Å². The van der Waals surface area contributed by atoms with Gasteiger partial charge in [0.2, 0.25) is 0 Å². The van der Waals surface area contributed by atoms with Crippen LogP contribution in [0.3, 0.4) is 0 Å². The first-order valence-corrected chi connectivity index (χ1v) is 7.33. The Hall–Kier alpha value is -0.540. The van der Waals surface area contributed by atoms with Gasteiger partial charge in [-0.15, -0.1) is 0 Å². The highest BCUT2D eigenvalue weighted by atomic mass is 79.9. The number of anilines is 1. The maximum atomic E-state index is 3.65. The molecule has 94 valence electrons. The third-order valence-corrected chi connectivity index (χ3v) is 3.98. The van der Waals surface area contributed by atoms with Crippen LogP contribution < -0.4 is 10.2 Å².